The van der Waals surface area contributed by atoms with Crippen LogP contribution in [0.3, 0.4) is 0 Å². The van der Waals surface area contributed by atoms with Crippen molar-refractivity contribution in [2.75, 3.05) is 38.3 Å². The average molecular weight is 311 g/mol. The Labute approximate surface area is 131 Å². The van der Waals surface area contributed by atoms with Crippen molar-refractivity contribution in [1.82, 2.24) is 5.32 Å². The fourth-order valence-electron chi connectivity index (χ4n) is 3.22. The molecule has 2 aliphatic heterocycles. The van der Waals surface area contributed by atoms with Gasteiger partial charge in [0.05, 0.1) is 12.8 Å². The van der Waals surface area contributed by atoms with Crippen LogP contribution < -0.4 is 15.0 Å². The highest BCUT2D eigenvalue weighted by atomic mass is 35.5. The first-order valence-electron chi connectivity index (χ1n) is 7.68. The highest BCUT2D eigenvalue weighted by molar-refractivity contribution is 6.30. The Kier molecular flexibility index (Phi) is 4.88. The van der Waals surface area contributed by atoms with E-state index in [0.717, 1.165) is 62.0 Å². The number of nitrogens with one attached hydrogen (secondary N) is 1. The molecule has 21 heavy (non-hydrogen) atoms. The van der Waals surface area contributed by atoms with Crippen molar-refractivity contribution in [2.24, 2.45) is 0 Å². The first kappa shape index (κ1) is 14.9. The summed E-state index contributed by atoms with van der Waals surface area (Å²) in [6, 6.07) is 6.95. The molecule has 1 N–H and O–H groups in total. The summed E-state index contributed by atoms with van der Waals surface area (Å²) in [5, 5.41) is 4.53. The molecule has 0 spiro atoms. The summed E-state index contributed by atoms with van der Waals surface area (Å²) in [6.07, 6.45) is 3.40. The van der Waals surface area contributed by atoms with Gasteiger partial charge in [0.15, 0.2) is 0 Å². The molecule has 0 aromatic heterocycles. The zero-order valence-corrected chi connectivity index (χ0v) is 13.2. The number of halogens is 1. The third kappa shape index (κ3) is 3.62. The summed E-state index contributed by atoms with van der Waals surface area (Å²) >= 11 is 6.13. The minimum Gasteiger partial charge on any atom is -0.495 e. The predicted octanol–water partition coefficient (Wildman–Crippen LogP) is 2.70. The molecule has 4 nitrogen and oxygen atoms in total. The second-order valence-corrected chi connectivity index (χ2v) is 6.24. The summed E-state index contributed by atoms with van der Waals surface area (Å²) in [7, 11) is 1.71. The molecular weight excluding hydrogens is 288 g/mol. The van der Waals surface area contributed by atoms with Gasteiger partial charge in [-0.3, -0.25) is 0 Å². The van der Waals surface area contributed by atoms with Gasteiger partial charge in [-0.15, -0.1) is 0 Å². The van der Waals surface area contributed by atoms with E-state index in [1.165, 1.54) is 0 Å². The normalized spacial score (nSPS) is 23.5. The van der Waals surface area contributed by atoms with Crippen molar-refractivity contribution in [2.45, 2.75) is 31.3 Å². The lowest BCUT2D eigenvalue weighted by Crippen LogP contribution is -2.43. The van der Waals surface area contributed by atoms with Crippen LogP contribution in [0.5, 0.6) is 5.75 Å². The Balaban J connectivity index is 1.62. The van der Waals surface area contributed by atoms with E-state index in [-0.39, 0.29) is 0 Å². The summed E-state index contributed by atoms with van der Waals surface area (Å²) in [5.74, 6) is 0.895. The van der Waals surface area contributed by atoms with E-state index in [1.54, 1.807) is 7.11 Å². The van der Waals surface area contributed by atoms with Crippen LogP contribution in [0.4, 0.5) is 5.69 Å². The van der Waals surface area contributed by atoms with Crippen LogP contribution in [0.25, 0.3) is 0 Å². The topological polar surface area (TPSA) is 33.7 Å². The second kappa shape index (κ2) is 6.86. The van der Waals surface area contributed by atoms with Gasteiger partial charge in [0.1, 0.15) is 5.75 Å². The van der Waals surface area contributed by atoms with Crippen LogP contribution in [0.1, 0.15) is 19.3 Å². The Morgan fingerprint density at radius 1 is 1.24 bits per heavy atom. The van der Waals surface area contributed by atoms with Gasteiger partial charge in [-0.05, 0) is 37.5 Å². The van der Waals surface area contributed by atoms with Crippen LogP contribution in [-0.4, -0.2) is 45.5 Å². The first-order chi connectivity index (χ1) is 10.3. The van der Waals surface area contributed by atoms with Gasteiger partial charge in [-0.2, -0.15) is 0 Å². The standard InChI is InChI=1S/C16H23ClN2O2/c1-20-16-3-2-12(17)10-15(16)19-7-4-14(11-19)18-13-5-8-21-9-6-13/h2-3,10,13-14,18H,4-9,11H2,1H3/t14-/m0/s1. The lowest BCUT2D eigenvalue weighted by atomic mass is 10.1. The molecule has 2 aliphatic rings. The van der Waals surface area contributed by atoms with Gasteiger partial charge in [-0.25, -0.2) is 0 Å². The quantitative estimate of drug-likeness (QED) is 0.927. The third-order valence-corrected chi connectivity index (χ3v) is 4.60. The van der Waals surface area contributed by atoms with Crippen LogP contribution >= 0.6 is 11.6 Å². The molecule has 0 amide bonds. The van der Waals surface area contributed by atoms with Crippen LogP contribution in [0, 0.1) is 0 Å². The molecule has 0 radical (unpaired) electrons. The van der Waals surface area contributed by atoms with E-state index in [9.17, 15) is 0 Å². The Hall–Kier alpha value is -0.970. The molecule has 5 heteroatoms. The van der Waals surface area contributed by atoms with Crippen LogP contribution in [-0.2, 0) is 4.74 Å². The van der Waals surface area contributed by atoms with Gasteiger partial charge >= 0.3 is 0 Å². The highest BCUT2D eigenvalue weighted by Crippen LogP contribution is 2.33. The summed E-state index contributed by atoms with van der Waals surface area (Å²) in [6.45, 7) is 3.82. The van der Waals surface area contributed by atoms with Crippen molar-refractivity contribution < 1.29 is 9.47 Å². The van der Waals surface area contributed by atoms with Gasteiger partial charge in [0, 0.05) is 43.4 Å². The maximum absolute atomic E-state index is 6.13. The molecule has 0 saturated carbocycles. The molecule has 1 aromatic rings. The number of hydrogen-bond acceptors (Lipinski definition) is 4. The Morgan fingerprint density at radius 2 is 2.05 bits per heavy atom. The lowest BCUT2D eigenvalue weighted by Gasteiger charge is -2.27. The number of rotatable bonds is 4. The molecule has 0 bridgehead atoms. The van der Waals surface area contributed by atoms with E-state index >= 15 is 0 Å². The van der Waals surface area contributed by atoms with Gasteiger partial charge in [0.2, 0.25) is 0 Å². The lowest BCUT2D eigenvalue weighted by molar-refractivity contribution is 0.0755. The van der Waals surface area contributed by atoms with E-state index < -0.39 is 0 Å². The average Bonchev–Trinajstić information content (AvgIpc) is 2.96. The second-order valence-electron chi connectivity index (χ2n) is 5.80. The predicted molar refractivity (Wildman–Crippen MR) is 85.6 cm³/mol. The van der Waals surface area contributed by atoms with Crippen molar-refractivity contribution in [3.63, 3.8) is 0 Å². The molecule has 0 unspecified atom stereocenters. The summed E-state index contributed by atoms with van der Waals surface area (Å²) < 4.78 is 10.9. The van der Waals surface area contributed by atoms with E-state index in [2.05, 4.69) is 10.2 Å². The minimum absolute atomic E-state index is 0.539. The van der Waals surface area contributed by atoms with E-state index in [4.69, 9.17) is 21.1 Å². The fourth-order valence-corrected chi connectivity index (χ4v) is 3.39. The van der Waals surface area contributed by atoms with Crippen LogP contribution in [0.2, 0.25) is 5.02 Å². The van der Waals surface area contributed by atoms with Gasteiger partial charge in [0.25, 0.3) is 0 Å². The molecular formula is C16H23ClN2O2. The maximum Gasteiger partial charge on any atom is 0.142 e. The smallest absolute Gasteiger partial charge is 0.142 e. The first-order valence-corrected chi connectivity index (χ1v) is 8.06. The molecule has 116 valence electrons. The zero-order chi connectivity index (χ0) is 14.7. The molecule has 2 fully saturated rings. The minimum atomic E-state index is 0.539. The van der Waals surface area contributed by atoms with E-state index in [1.807, 2.05) is 18.2 Å². The number of hydrogen-bond donors (Lipinski definition) is 1. The van der Waals surface area contributed by atoms with Crippen molar-refractivity contribution >= 4 is 17.3 Å². The van der Waals surface area contributed by atoms with Gasteiger partial charge < -0.3 is 19.7 Å². The number of methoxy groups -OCH3 is 1. The van der Waals surface area contributed by atoms with Crippen molar-refractivity contribution in [3.8, 4) is 5.75 Å². The molecule has 2 saturated heterocycles. The molecule has 0 aliphatic carbocycles. The van der Waals surface area contributed by atoms with Crippen LogP contribution in [0.15, 0.2) is 18.2 Å². The van der Waals surface area contributed by atoms with Crippen molar-refractivity contribution in [1.29, 1.82) is 0 Å². The summed E-state index contributed by atoms with van der Waals surface area (Å²) in [5.41, 5.74) is 1.10. The number of benzene rings is 1. The monoisotopic (exact) mass is 310 g/mol. The van der Waals surface area contributed by atoms with Gasteiger partial charge in [-0.1, -0.05) is 11.6 Å². The maximum atomic E-state index is 6.13. The molecule has 3 rings (SSSR count). The third-order valence-electron chi connectivity index (χ3n) is 4.36. The highest BCUT2D eigenvalue weighted by Gasteiger charge is 2.27. The molecule has 1 atom stereocenters. The molecule has 1 aromatic carbocycles. The molecule has 2 heterocycles. The fraction of sp³-hybridized carbons (Fsp3) is 0.625. The Bertz CT molecular complexity index is 477. The summed E-state index contributed by atoms with van der Waals surface area (Å²) in [4.78, 5) is 2.36. The van der Waals surface area contributed by atoms with E-state index in [0.29, 0.717) is 12.1 Å². The Morgan fingerprint density at radius 3 is 2.81 bits per heavy atom. The number of anilines is 1. The van der Waals surface area contributed by atoms with Crippen molar-refractivity contribution in [3.05, 3.63) is 23.2 Å². The number of ether oxygens (including phenoxy) is 2. The SMILES string of the molecule is COc1ccc(Cl)cc1N1CC[C@H](NC2CCOCC2)C1. The largest absolute Gasteiger partial charge is 0.495 e. The number of nitrogens with zero attached hydrogens (tertiary/aromatic N) is 1. The zero-order valence-electron chi connectivity index (χ0n) is 12.5.